The van der Waals surface area contributed by atoms with Crippen molar-refractivity contribution in [2.75, 3.05) is 0 Å². The molecule has 0 unspecified atom stereocenters. The molecule has 3 heteroatoms. The zero-order valence-corrected chi connectivity index (χ0v) is 9.76. The number of aromatic carboxylic acids is 1. The first-order chi connectivity index (χ1) is 8.16. The first kappa shape index (κ1) is 11.5. The second-order valence-electron chi connectivity index (χ2n) is 4.14. The summed E-state index contributed by atoms with van der Waals surface area (Å²) in [6.45, 7) is 0. The number of carboxylic acid groups (broad SMARTS) is 1. The molecule has 0 radical (unpaired) electrons. The number of nitrogens with zero attached hydrogens (tertiary/aromatic N) is 1. The molecular weight excluding hydrogens is 214 g/mol. The highest BCUT2D eigenvalue weighted by Gasteiger charge is 2.09. The van der Waals surface area contributed by atoms with E-state index in [9.17, 15) is 4.79 Å². The van der Waals surface area contributed by atoms with Crippen LogP contribution in [0.2, 0.25) is 0 Å². The standard InChI is InChI=1S/C14H15NO2/c1-15-10-12(9-13(15)14(16)17)8-7-11-5-3-2-4-6-11/h2-6,9-10H,7-8H2,1H3,(H,16,17). The van der Waals surface area contributed by atoms with Crippen LogP contribution in [0.15, 0.2) is 42.6 Å². The summed E-state index contributed by atoms with van der Waals surface area (Å²) in [6, 6.07) is 11.9. The zero-order chi connectivity index (χ0) is 12.3. The number of benzene rings is 1. The molecule has 0 saturated carbocycles. The van der Waals surface area contributed by atoms with Crippen LogP contribution in [0, 0.1) is 0 Å². The van der Waals surface area contributed by atoms with E-state index in [0.29, 0.717) is 5.69 Å². The van der Waals surface area contributed by atoms with Crippen molar-refractivity contribution in [2.45, 2.75) is 12.8 Å². The number of carboxylic acids is 1. The monoisotopic (exact) mass is 229 g/mol. The molecule has 1 aromatic carbocycles. The van der Waals surface area contributed by atoms with Crippen LogP contribution in [0.4, 0.5) is 0 Å². The van der Waals surface area contributed by atoms with Gasteiger partial charge in [-0.05, 0) is 30.0 Å². The Balaban J connectivity index is 2.05. The second-order valence-corrected chi connectivity index (χ2v) is 4.14. The molecule has 2 aromatic rings. The van der Waals surface area contributed by atoms with E-state index >= 15 is 0 Å². The summed E-state index contributed by atoms with van der Waals surface area (Å²) < 4.78 is 1.66. The van der Waals surface area contributed by atoms with Gasteiger partial charge >= 0.3 is 5.97 Å². The molecule has 2 rings (SSSR count). The Morgan fingerprint density at radius 2 is 1.82 bits per heavy atom. The van der Waals surface area contributed by atoms with Crippen LogP contribution >= 0.6 is 0 Å². The van der Waals surface area contributed by atoms with Gasteiger partial charge in [0.15, 0.2) is 0 Å². The average Bonchev–Trinajstić information content (AvgIpc) is 2.69. The van der Waals surface area contributed by atoms with Crippen molar-refractivity contribution in [1.82, 2.24) is 4.57 Å². The van der Waals surface area contributed by atoms with Crippen LogP contribution < -0.4 is 0 Å². The van der Waals surface area contributed by atoms with Gasteiger partial charge < -0.3 is 9.67 Å². The number of hydrogen-bond donors (Lipinski definition) is 1. The highest BCUT2D eigenvalue weighted by molar-refractivity contribution is 5.86. The Bertz CT molecular complexity index is 514. The van der Waals surface area contributed by atoms with Crippen molar-refractivity contribution in [3.63, 3.8) is 0 Å². The third-order valence-electron chi connectivity index (χ3n) is 2.83. The van der Waals surface area contributed by atoms with Crippen molar-refractivity contribution in [2.24, 2.45) is 7.05 Å². The lowest BCUT2D eigenvalue weighted by Gasteiger charge is -1.98. The predicted octanol–water partition coefficient (Wildman–Crippen LogP) is 2.51. The molecule has 17 heavy (non-hydrogen) atoms. The topological polar surface area (TPSA) is 42.2 Å². The van der Waals surface area contributed by atoms with Gasteiger partial charge in [0.05, 0.1) is 0 Å². The van der Waals surface area contributed by atoms with Gasteiger partial charge in [-0.2, -0.15) is 0 Å². The smallest absolute Gasteiger partial charge is 0.352 e. The van der Waals surface area contributed by atoms with E-state index in [0.717, 1.165) is 18.4 Å². The Morgan fingerprint density at radius 3 is 2.41 bits per heavy atom. The van der Waals surface area contributed by atoms with E-state index in [1.807, 2.05) is 24.4 Å². The first-order valence-corrected chi connectivity index (χ1v) is 5.59. The average molecular weight is 229 g/mol. The summed E-state index contributed by atoms with van der Waals surface area (Å²) in [5, 5.41) is 8.94. The van der Waals surface area contributed by atoms with E-state index in [1.54, 1.807) is 17.7 Å². The molecule has 1 aromatic heterocycles. The molecule has 88 valence electrons. The minimum atomic E-state index is -0.876. The van der Waals surface area contributed by atoms with E-state index in [4.69, 9.17) is 5.11 Å². The Labute approximate surface area is 100 Å². The van der Waals surface area contributed by atoms with E-state index in [2.05, 4.69) is 12.1 Å². The Hall–Kier alpha value is -2.03. The van der Waals surface area contributed by atoms with Crippen molar-refractivity contribution in [1.29, 1.82) is 0 Å². The molecule has 0 saturated heterocycles. The highest BCUT2D eigenvalue weighted by atomic mass is 16.4. The lowest BCUT2D eigenvalue weighted by atomic mass is 10.1. The molecule has 1 N–H and O–H groups in total. The normalized spacial score (nSPS) is 10.4. The summed E-state index contributed by atoms with van der Waals surface area (Å²) in [7, 11) is 1.76. The van der Waals surface area contributed by atoms with E-state index in [-0.39, 0.29) is 0 Å². The van der Waals surface area contributed by atoms with Gasteiger partial charge in [-0.3, -0.25) is 0 Å². The maximum atomic E-state index is 10.9. The third-order valence-corrected chi connectivity index (χ3v) is 2.83. The van der Waals surface area contributed by atoms with Gasteiger partial charge in [-0.15, -0.1) is 0 Å². The zero-order valence-electron chi connectivity index (χ0n) is 9.76. The Morgan fingerprint density at radius 1 is 1.18 bits per heavy atom. The van der Waals surface area contributed by atoms with E-state index < -0.39 is 5.97 Å². The summed E-state index contributed by atoms with van der Waals surface area (Å²) >= 11 is 0. The summed E-state index contributed by atoms with van der Waals surface area (Å²) in [5.74, 6) is -0.876. The molecule has 1 heterocycles. The first-order valence-electron chi connectivity index (χ1n) is 5.59. The molecule has 0 bridgehead atoms. The fourth-order valence-corrected chi connectivity index (χ4v) is 1.92. The van der Waals surface area contributed by atoms with Gasteiger partial charge in [0.2, 0.25) is 0 Å². The number of aryl methyl sites for hydroxylation is 3. The van der Waals surface area contributed by atoms with Crippen LogP contribution in [-0.2, 0) is 19.9 Å². The minimum Gasteiger partial charge on any atom is -0.477 e. The van der Waals surface area contributed by atoms with Gasteiger partial charge in [-0.1, -0.05) is 30.3 Å². The van der Waals surface area contributed by atoms with Crippen LogP contribution in [0.1, 0.15) is 21.6 Å². The summed E-state index contributed by atoms with van der Waals surface area (Å²) in [6.07, 6.45) is 3.68. The van der Waals surface area contributed by atoms with Crippen molar-refractivity contribution in [3.05, 3.63) is 59.4 Å². The molecule has 0 aliphatic rings. The van der Waals surface area contributed by atoms with Gasteiger partial charge in [0.25, 0.3) is 0 Å². The molecule has 0 aliphatic carbocycles. The van der Waals surface area contributed by atoms with Gasteiger partial charge in [0.1, 0.15) is 5.69 Å². The summed E-state index contributed by atoms with van der Waals surface area (Å²) in [5.41, 5.74) is 2.68. The molecule has 0 spiro atoms. The molecule has 0 atom stereocenters. The van der Waals surface area contributed by atoms with Crippen molar-refractivity contribution < 1.29 is 9.90 Å². The van der Waals surface area contributed by atoms with Crippen LogP contribution in [0.3, 0.4) is 0 Å². The maximum absolute atomic E-state index is 10.9. The molecule has 0 fully saturated rings. The minimum absolute atomic E-state index is 0.341. The molecular formula is C14H15NO2. The Kier molecular flexibility index (Phi) is 3.28. The van der Waals surface area contributed by atoms with E-state index in [1.165, 1.54) is 5.56 Å². The van der Waals surface area contributed by atoms with Gasteiger partial charge in [-0.25, -0.2) is 4.79 Å². The maximum Gasteiger partial charge on any atom is 0.352 e. The fourth-order valence-electron chi connectivity index (χ4n) is 1.92. The molecule has 3 nitrogen and oxygen atoms in total. The van der Waals surface area contributed by atoms with Gasteiger partial charge in [0, 0.05) is 13.2 Å². The predicted molar refractivity (Wildman–Crippen MR) is 66.2 cm³/mol. The quantitative estimate of drug-likeness (QED) is 0.875. The lowest BCUT2D eigenvalue weighted by molar-refractivity contribution is 0.0686. The summed E-state index contributed by atoms with van der Waals surface area (Å²) in [4.78, 5) is 10.9. The number of hydrogen-bond acceptors (Lipinski definition) is 1. The SMILES string of the molecule is Cn1cc(CCc2ccccc2)cc1C(=O)O. The molecule has 0 aliphatic heterocycles. The number of rotatable bonds is 4. The van der Waals surface area contributed by atoms with Crippen molar-refractivity contribution in [3.8, 4) is 0 Å². The number of carbonyl (C=O) groups is 1. The van der Waals surface area contributed by atoms with Crippen LogP contribution in [-0.4, -0.2) is 15.6 Å². The second kappa shape index (κ2) is 4.87. The highest BCUT2D eigenvalue weighted by Crippen LogP contribution is 2.11. The fraction of sp³-hybridized carbons (Fsp3) is 0.214. The third kappa shape index (κ3) is 2.75. The van der Waals surface area contributed by atoms with Crippen molar-refractivity contribution >= 4 is 5.97 Å². The lowest BCUT2D eigenvalue weighted by Crippen LogP contribution is -2.02. The molecule has 0 amide bonds. The van der Waals surface area contributed by atoms with Crippen LogP contribution in [0.25, 0.3) is 0 Å². The largest absolute Gasteiger partial charge is 0.477 e. The number of aromatic nitrogens is 1. The van der Waals surface area contributed by atoms with Crippen LogP contribution in [0.5, 0.6) is 0 Å².